The van der Waals surface area contributed by atoms with Crippen LogP contribution >= 0.6 is 0 Å². The second-order valence-electron chi connectivity index (χ2n) is 4.93. The number of aliphatic carboxylic acids is 1. The van der Waals surface area contributed by atoms with Gasteiger partial charge in [-0.2, -0.15) is 0 Å². The molecule has 0 amide bonds. The van der Waals surface area contributed by atoms with Gasteiger partial charge in [0.05, 0.1) is 0 Å². The molecule has 16 heavy (non-hydrogen) atoms. The molecule has 94 valence electrons. The highest BCUT2D eigenvalue weighted by Crippen LogP contribution is 2.19. The molecule has 0 aromatic rings. The van der Waals surface area contributed by atoms with Crippen LogP contribution < -0.4 is 0 Å². The minimum absolute atomic E-state index is 0.332. The lowest BCUT2D eigenvalue weighted by atomic mass is 10.1. The summed E-state index contributed by atoms with van der Waals surface area (Å²) in [6.07, 6.45) is 2.31. The smallest absolute Gasteiger partial charge is 0.320 e. The highest BCUT2D eigenvalue weighted by atomic mass is 16.4. The number of rotatable bonds is 6. The number of likely N-dealkylation sites (tertiary alicyclic amines) is 1. The summed E-state index contributed by atoms with van der Waals surface area (Å²) in [5, 5.41) is 8.94. The van der Waals surface area contributed by atoms with E-state index < -0.39 is 5.97 Å². The van der Waals surface area contributed by atoms with E-state index in [0.717, 1.165) is 32.6 Å². The molecule has 0 bridgehead atoms. The Balaban J connectivity index is 2.32. The maximum atomic E-state index is 10.9. The van der Waals surface area contributed by atoms with Gasteiger partial charge in [0.1, 0.15) is 6.04 Å². The van der Waals surface area contributed by atoms with Crippen LogP contribution in [0.25, 0.3) is 0 Å². The van der Waals surface area contributed by atoms with Crippen LogP contribution in [0.1, 0.15) is 26.7 Å². The predicted octanol–water partition coefficient (Wildman–Crippen LogP) is 1.12. The van der Waals surface area contributed by atoms with Gasteiger partial charge >= 0.3 is 5.97 Å². The molecule has 1 fully saturated rings. The number of carboxylic acids is 1. The van der Waals surface area contributed by atoms with Gasteiger partial charge in [0, 0.05) is 13.1 Å². The molecule has 0 aliphatic carbocycles. The number of carboxylic acid groups (broad SMARTS) is 1. The first-order chi connectivity index (χ1) is 7.54. The van der Waals surface area contributed by atoms with Crippen LogP contribution in [0.4, 0.5) is 0 Å². The van der Waals surface area contributed by atoms with Crippen molar-refractivity contribution in [3.63, 3.8) is 0 Å². The SMILES string of the molecule is CCCN(C)CC1CCN(C(C)C(=O)O)C1. The summed E-state index contributed by atoms with van der Waals surface area (Å²) < 4.78 is 0. The summed E-state index contributed by atoms with van der Waals surface area (Å²) in [7, 11) is 2.15. The Bertz CT molecular complexity index is 233. The van der Waals surface area contributed by atoms with Crippen LogP contribution in [0.5, 0.6) is 0 Å². The Hall–Kier alpha value is -0.610. The van der Waals surface area contributed by atoms with Crippen molar-refractivity contribution in [3.8, 4) is 0 Å². The molecule has 0 aromatic heterocycles. The first kappa shape index (κ1) is 13.5. The van der Waals surface area contributed by atoms with Gasteiger partial charge < -0.3 is 10.0 Å². The Kier molecular flexibility index (Phi) is 5.22. The molecule has 0 aromatic carbocycles. The lowest BCUT2D eigenvalue weighted by molar-refractivity contribution is -0.142. The van der Waals surface area contributed by atoms with Gasteiger partial charge in [0.25, 0.3) is 0 Å². The van der Waals surface area contributed by atoms with E-state index in [-0.39, 0.29) is 6.04 Å². The van der Waals surface area contributed by atoms with Gasteiger partial charge in [-0.15, -0.1) is 0 Å². The zero-order chi connectivity index (χ0) is 12.1. The molecule has 1 aliphatic rings. The van der Waals surface area contributed by atoms with Crippen molar-refractivity contribution in [3.05, 3.63) is 0 Å². The average Bonchev–Trinajstić information content (AvgIpc) is 2.65. The average molecular weight is 228 g/mol. The van der Waals surface area contributed by atoms with Crippen molar-refractivity contribution in [2.75, 3.05) is 33.2 Å². The number of hydrogen-bond donors (Lipinski definition) is 1. The van der Waals surface area contributed by atoms with Gasteiger partial charge in [-0.1, -0.05) is 6.92 Å². The van der Waals surface area contributed by atoms with Crippen LogP contribution in [-0.2, 0) is 4.79 Å². The first-order valence-corrected chi connectivity index (χ1v) is 6.20. The van der Waals surface area contributed by atoms with Gasteiger partial charge in [0.2, 0.25) is 0 Å². The molecule has 1 aliphatic heterocycles. The van der Waals surface area contributed by atoms with Gasteiger partial charge in [0.15, 0.2) is 0 Å². The summed E-state index contributed by atoms with van der Waals surface area (Å²) in [5.41, 5.74) is 0. The van der Waals surface area contributed by atoms with Gasteiger partial charge in [-0.05, 0) is 45.8 Å². The van der Waals surface area contributed by atoms with Crippen molar-refractivity contribution >= 4 is 5.97 Å². The molecule has 2 unspecified atom stereocenters. The maximum absolute atomic E-state index is 10.9. The fourth-order valence-corrected chi connectivity index (χ4v) is 2.43. The molecule has 0 saturated carbocycles. The van der Waals surface area contributed by atoms with E-state index in [9.17, 15) is 4.79 Å². The predicted molar refractivity (Wildman–Crippen MR) is 64.6 cm³/mol. The topological polar surface area (TPSA) is 43.8 Å². The lowest BCUT2D eigenvalue weighted by Gasteiger charge is -2.22. The summed E-state index contributed by atoms with van der Waals surface area (Å²) >= 11 is 0. The third-order valence-electron chi connectivity index (χ3n) is 3.40. The monoisotopic (exact) mass is 228 g/mol. The second-order valence-corrected chi connectivity index (χ2v) is 4.93. The Labute approximate surface area is 98.2 Å². The van der Waals surface area contributed by atoms with E-state index in [1.165, 1.54) is 6.42 Å². The van der Waals surface area contributed by atoms with Crippen LogP contribution in [0.2, 0.25) is 0 Å². The minimum Gasteiger partial charge on any atom is -0.480 e. The van der Waals surface area contributed by atoms with Crippen LogP contribution in [0.3, 0.4) is 0 Å². The largest absolute Gasteiger partial charge is 0.480 e. The summed E-state index contributed by atoms with van der Waals surface area (Å²) in [4.78, 5) is 15.3. The zero-order valence-electron chi connectivity index (χ0n) is 10.6. The number of nitrogens with zero attached hydrogens (tertiary/aromatic N) is 2. The van der Waals surface area contributed by atoms with Crippen molar-refractivity contribution < 1.29 is 9.90 Å². The lowest BCUT2D eigenvalue weighted by Crippen LogP contribution is -2.38. The molecule has 1 saturated heterocycles. The van der Waals surface area contributed by atoms with E-state index >= 15 is 0 Å². The van der Waals surface area contributed by atoms with Crippen molar-refractivity contribution in [1.29, 1.82) is 0 Å². The fourth-order valence-electron chi connectivity index (χ4n) is 2.43. The highest BCUT2D eigenvalue weighted by Gasteiger charge is 2.29. The highest BCUT2D eigenvalue weighted by molar-refractivity contribution is 5.72. The summed E-state index contributed by atoms with van der Waals surface area (Å²) in [6.45, 7) is 8.05. The van der Waals surface area contributed by atoms with E-state index in [4.69, 9.17) is 5.11 Å². The second kappa shape index (κ2) is 6.21. The molecule has 2 atom stereocenters. The van der Waals surface area contributed by atoms with Crippen LogP contribution in [0.15, 0.2) is 0 Å². The summed E-state index contributed by atoms with van der Waals surface area (Å²) in [6, 6.07) is -0.332. The third-order valence-corrected chi connectivity index (χ3v) is 3.40. The number of carbonyl (C=O) groups is 1. The van der Waals surface area contributed by atoms with E-state index in [1.807, 2.05) is 0 Å². The minimum atomic E-state index is -0.706. The molecule has 1 heterocycles. The standard InChI is InChI=1S/C12H24N2O2/c1-4-6-13(3)8-11-5-7-14(9-11)10(2)12(15)16/h10-11H,4-9H2,1-3H3,(H,15,16). The van der Waals surface area contributed by atoms with Crippen LogP contribution in [-0.4, -0.2) is 60.1 Å². The van der Waals surface area contributed by atoms with Gasteiger partial charge in [-0.3, -0.25) is 9.69 Å². The van der Waals surface area contributed by atoms with Crippen molar-refractivity contribution in [2.24, 2.45) is 5.92 Å². The van der Waals surface area contributed by atoms with Crippen molar-refractivity contribution in [2.45, 2.75) is 32.7 Å². The maximum Gasteiger partial charge on any atom is 0.320 e. The molecule has 4 heteroatoms. The van der Waals surface area contributed by atoms with Crippen LogP contribution in [0, 0.1) is 5.92 Å². The molecule has 4 nitrogen and oxygen atoms in total. The van der Waals surface area contributed by atoms with Gasteiger partial charge in [-0.25, -0.2) is 0 Å². The van der Waals surface area contributed by atoms with Crippen molar-refractivity contribution in [1.82, 2.24) is 9.80 Å². The zero-order valence-corrected chi connectivity index (χ0v) is 10.6. The first-order valence-electron chi connectivity index (χ1n) is 6.20. The molecular formula is C12H24N2O2. The fraction of sp³-hybridized carbons (Fsp3) is 0.917. The Morgan fingerprint density at radius 2 is 2.31 bits per heavy atom. The molecule has 0 radical (unpaired) electrons. The molecular weight excluding hydrogens is 204 g/mol. The number of hydrogen-bond acceptors (Lipinski definition) is 3. The molecule has 1 N–H and O–H groups in total. The Morgan fingerprint density at radius 3 is 2.88 bits per heavy atom. The van der Waals surface area contributed by atoms with E-state index in [0.29, 0.717) is 5.92 Å². The summed E-state index contributed by atoms with van der Waals surface area (Å²) in [5.74, 6) is -0.0686. The normalized spacial score (nSPS) is 23.9. The third kappa shape index (κ3) is 3.76. The van der Waals surface area contributed by atoms with E-state index in [1.54, 1.807) is 6.92 Å². The Morgan fingerprint density at radius 1 is 1.62 bits per heavy atom. The molecule has 0 spiro atoms. The quantitative estimate of drug-likeness (QED) is 0.740. The molecule has 1 rings (SSSR count). The van der Waals surface area contributed by atoms with E-state index in [2.05, 4.69) is 23.8 Å².